The molecule has 3 nitrogen and oxygen atoms in total. The minimum absolute atomic E-state index is 0.169. The van der Waals surface area contributed by atoms with Gasteiger partial charge in [0, 0.05) is 28.7 Å². The summed E-state index contributed by atoms with van der Waals surface area (Å²) in [6.07, 6.45) is 1.77. The molecule has 0 bridgehead atoms. The number of anilines is 1. The molecule has 3 aromatic rings. The van der Waals surface area contributed by atoms with E-state index >= 15 is 0 Å². The third kappa shape index (κ3) is 2.50. The molecule has 1 aromatic heterocycles. The maximum Gasteiger partial charge on any atom is 0.255 e. The number of carbonyl (C=O) groups is 1. The summed E-state index contributed by atoms with van der Waals surface area (Å²) in [5.41, 5.74) is 1.30. The predicted molar refractivity (Wildman–Crippen MR) is 77.3 cm³/mol. The van der Waals surface area contributed by atoms with Crippen molar-refractivity contribution in [1.29, 1.82) is 0 Å². The lowest BCUT2D eigenvalue weighted by Gasteiger charge is -2.08. The number of carbonyl (C=O) groups excluding carboxylic acids is 1. The third-order valence-corrected chi connectivity index (χ3v) is 3.31. The van der Waals surface area contributed by atoms with Crippen LogP contribution < -0.4 is 5.32 Å². The summed E-state index contributed by atoms with van der Waals surface area (Å²) >= 11 is 0. The number of halogens is 2. The normalized spacial score (nSPS) is 10.8. The number of aromatic nitrogens is 1. The lowest BCUT2D eigenvalue weighted by Crippen LogP contribution is -2.13. The first-order chi connectivity index (χ1) is 10.0. The van der Waals surface area contributed by atoms with Gasteiger partial charge in [0.15, 0.2) is 0 Å². The smallest absolute Gasteiger partial charge is 0.255 e. The topological polar surface area (TPSA) is 44.9 Å². The molecule has 0 saturated carbocycles. The molecular formula is C16H12F2N2O. The van der Waals surface area contributed by atoms with Crippen LogP contribution >= 0.6 is 0 Å². The number of amides is 1. The van der Waals surface area contributed by atoms with Gasteiger partial charge in [0.1, 0.15) is 11.6 Å². The highest BCUT2D eigenvalue weighted by Gasteiger charge is 2.12. The van der Waals surface area contributed by atoms with Gasteiger partial charge in [-0.05, 0) is 42.8 Å². The first kappa shape index (κ1) is 13.3. The standard InChI is InChI=1S/C16H12F2N2O/c1-9-6-13(18)15(8-12(9)17)20-16(21)11-2-3-14-10(7-11)4-5-19-14/h2-8,19H,1H3,(H,20,21). The quantitative estimate of drug-likeness (QED) is 0.734. The Morgan fingerprint density at radius 2 is 1.90 bits per heavy atom. The first-order valence-electron chi connectivity index (χ1n) is 6.39. The number of aromatic amines is 1. The van der Waals surface area contributed by atoms with Crippen molar-refractivity contribution in [2.45, 2.75) is 6.92 Å². The number of hydrogen-bond donors (Lipinski definition) is 2. The SMILES string of the molecule is Cc1cc(F)c(NC(=O)c2ccc3[nH]ccc3c2)cc1F. The van der Waals surface area contributed by atoms with E-state index in [1.807, 2.05) is 6.07 Å². The number of benzene rings is 2. The predicted octanol–water partition coefficient (Wildman–Crippen LogP) is 4.01. The molecule has 3 rings (SSSR count). The summed E-state index contributed by atoms with van der Waals surface area (Å²) < 4.78 is 27.2. The second-order valence-corrected chi connectivity index (χ2v) is 4.82. The molecule has 0 aliphatic heterocycles. The second kappa shape index (κ2) is 5.01. The highest BCUT2D eigenvalue weighted by atomic mass is 19.1. The molecule has 0 aliphatic carbocycles. The molecule has 2 aromatic carbocycles. The molecule has 21 heavy (non-hydrogen) atoms. The Morgan fingerprint density at radius 3 is 2.71 bits per heavy atom. The molecular weight excluding hydrogens is 274 g/mol. The van der Waals surface area contributed by atoms with Gasteiger partial charge in [-0.3, -0.25) is 4.79 Å². The van der Waals surface area contributed by atoms with Crippen LogP contribution in [-0.2, 0) is 0 Å². The van der Waals surface area contributed by atoms with Gasteiger partial charge in [0.25, 0.3) is 5.91 Å². The van der Waals surface area contributed by atoms with Crippen LogP contribution in [-0.4, -0.2) is 10.9 Å². The van der Waals surface area contributed by atoms with Crippen molar-refractivity contribution in [3.05, 3.63) is 65.4 Å². The van der Waals surface area contributed by atoms with Crippen molar-refractivity contribution in [3.8, 4) is 0 Å². The average molecular weight is 286 g/mol. The van der Waals surface area contributed by atoms with Crippen LogP contribution in [0.1, 0.15) is 15.9 Å². The molecule has 1 amide bonds. The van der Waals surface area contributed by atoms with Crippen LogP contribution in [0.5, 0.6) is 0 Å². The minimum Gasteiger partial charge on any atom is -0.361 e. The fourth-order valence-corrected chi connectivity index (χ4v) is 2.13. The van der Waals surface area contributed by atoms with Gasteiger partial charge in [0.2, 0.25) is 0 Å². The molecule has 0 aliphatic rings. The maximum atomic E-state index is 13.7. The Hall–Kier alpha value is -2.69. The summed E-state index contributed by atoms with van der Waals surface area (Å²) in [7, 11) is 0. The van der Waals surface area contributed by atoms with Crippen molar-refractivity contribution in [3.63, 3.8) is 0 Å². The summed E-state index contributed by atoms with van der Waals surface area (Å²) in [5.74, 6) is -1.71. The minimum atomic E-state index is -0.662. The van der Waals surface area contributed by atoms with E-state index in [2.05, 4.69) is 10.3 Å². The van der Waals surface area contributed by atoms with E-state index in [0.717, 1.165) is 23.0 Å². The van der Waals surface area contributed by atoms with Crippen molar-refractivity contribution in [2.75, 3.05) is 5.32 Å². The number of aryl methyl sites for hydroxylation is 1. The fourth-order valence-electron chi connectivity index (χ4n) is 2.13. The van der Waals surface area contributed by atoms with E-state index < -0.39 is 17.5 Å². The average Bonchev–Trinajstić information content (AvgIpc) is 2.92. The Kier molecular flexibility index (Phi) is 3.17. The second-order valence-electron chi connectivity index (χ2n) is 4.82. The van der Waals surface area contributed by atoms with Crippen molar-refractivity contribution < 1.29 is 13.6 Å². The van der Waals surface area contributed by atoms with Crippen LogP contribution in [0.4, 0.5) is 14.5 Å². The number of rotatable bonds is 2. The fraction of sp³-hybridized carbons (Fsp3) is 0.0625. The summed E-state index contributed by atoms with van der Waals surface area (Å²) in [4.78, 5) is 15.1. The van der Waals surface area contributed by atoms with Crippen LogP contribution in [0.2, 0.25) is 0 Å². The van der Waals surface area contributed by atoms with Crippen LogP contribution in [0, 0.1) is 18.6 Å². The molecule has 0 fully saturated rings. The van der Waals surface area contributed by atoms with Crippen molar-refractivity contribution in [1.82, 2.24) is 4.98 Å². The number of fused-ring (bicyclic) bond motifs is 1. The van der Waals surface area contributed by atoms with E-state index in [0.29, 0.717) is 5.56 Å². The van der Waals surface area contributed by atoms with Gasteiger partial charge in [-0.15, -0.1) is 0 Å². The monoisotopic (exact) mass is 286 g/mol. The van der Waals surface area contributed by atoms with Gasteiger partial charge in [-0.2, -0.15) is 0 Å². The number of H-pyrrole nitrogens is 1. The number of hydrogen-bond acceptors (Lipinski definition) is 1. The van der Waals surface area contributed by atoms with Gasteiger partial charge in [0.05, 0.1) is 5.69 Å². The van der Waals surface area contributed by atoms with Gasteiger partial charge in [-0.25, -0.2) is 8.78 Å². The zero-order valence-electron chi connectivity index (χ0n) is 11.2. The Morgan fingerprint density at radius 1 is 1.10 bits per heavy atom. The number of nitrogens with one attached hydrogen (secondary N) is 2. The van der Waals surface area contributed by atoms with E-state index in [9.17, 15) is 13.6 Å². The first-order valence-corrected chi connectivity index (χ1v) is 6.39. The maximum absolute atomic E-state index is 13.7. The lowest BCUT2D eigenvalue weighted by molar-refractivity contribution is 0.102. The molecule has 0 unspecified atom stereocenters. The van der Waals surface area contributed by atoms with Crippen molar-refractivity contribution >= 4 is 22.5 Å². The molecule has 0 saturated heterocycles. The largest absolute Gasteiger partial charge is 0.361 e. The van der Waals surface area contributed by atoms with E-state index in [4.69, 9.17) is 0 Å². The molecule has 0 radical (unpaired) electrons. The molecule has 1 heterocycles. The van der Waals surface area contributed by atoms with Gasteiger partial charge >= 0.3 is 0 Å². The summed E-state index contributed by atoms with van der Waals surface area (Å²) in [6.45, 7) is 1.46. The highest BCUT2D eigenvalue weighted by molar-refractivity contribution is 6.06. The molecule has 5 heteroatoms. The highest BCUT2D eigenvalue weighted by Crippen LogP contribution is 2.20. The van der Waals surface area contributed by atoms with Crippen molar-refractivity contribution in [2.24, 2.45) is 0 Å². The Labute approximate surface area is 119 Å². The zero-order chi connectivity index (χ0) is 15.0. The Bertz CT molecular complexity index is 839. The molecule has 0 atom stereocenters. The van der Waals surface area contributed by atoms with Crippen LogP contribution in [0.25, 0.3) is 10.9 Å². The molecule has 106 valence electrons. The van der Waals surface area contributed by atoms with Crippen LogP contribution in [0.15, 0.2) is 42.6 Å². The lowest BCUT2D eigenvalue weighted by atomic mass is 10.1. The molecule has 2 N–H and O–H groups in total. The van der Waals surface area contributed by atoms with Gasteiger partial charge in [-0.1, -0.05) is 0 Å². The zero-order valence-corrected chi connectivity index (χ0v) is 11.2. The van der Waals surface area contributed by atoms with Crippen LogP contribution in [0.3, 0.4) is 0 Å². The van der Waals surface area contributed by atoms with E-state index in [1.165, 1.54) is 6.92 Å². The third-order valence-electron chi connectivity index (χ3n) is 3.31. The summed E-state index contributed by atoms with van der Waals surface area (Å²) in [6, 6.07) is 8.94. The summed E-state index contributed by atoms with van der Waals surface area (Å²) in [5, 5.41) is 3.26. The molecule has 0 spiro atoms. The van der Waals surface area contributed by atoms with Gasteiger partial charge < -0.3 is 10.3 Å². The Balaban J connectivity index is 1.90. The van der Waals surface area contributed by atoms with E-state index in [-0.39, 0.29) is 11.3 Å². The van der Waals surface area contributed by atoms with E-state index in [1.54, 1.807) is 24.4 Å².